The quantitative estimate of drug-likeness (QED) is 0.462. The molecule has 1 aromatic rings. The number of hydrogen-bond acceptors (Lipinski definition) is 4. The molecule has 0 atom stereocenters. The van der Waals surface area contributed by atoms with Gasteiger partial charge < -0.3 is 4.42 Å². The van der Waals surface area contributed by atoms with E-state index in [1.165, 1.54) is 16.4 Å². The van der Waals surface area contributed by atoms with Crippen LogP contribution in [0.4, 0.5) is 0 Å². The minimum Gasteiger partial charge on any atom is -0.404 e. The predicted octanol–water partition coefficient (Wildman–Crippen LogP) is 1.46. The number of aryl methyl sites for hydroxylation is 1. The molecule has 0 aliphatic carbocycles. The number of hydrogen-bond donors (Lipinski definition) is 0. The molecule has 1 rings (SSSR count). The maximum atomic E-state index is 4.99. The fourth-order valence-corrected chi connectivity index (χ4v) is 0.946. The molecule has 9 heavy (non-hydrogen) atoms. The summed E-state index contributed by atoms with van der Waals surface area (Å²) in [7, 11) is 1.76. The van der Waals surface area contributed by atoms with Crippen molar-refractivity contribution in [1.82, 2.24) is 9.78 Å². The lowest BCUT2D eigenvalue weighted by atomic mass is 11.3. The second-order valence-corrected chi connectivity index (χ2v) is 2.57. The largest absolute Gasteiger partial charge is 0.404 e. The van der Waals surface area contributed by atoms with Crippen molar-refractivity contribution in [2.24, 2.45) is 7.05 Å². The van der Waals surface area contributed by atoms with Crippen LogP contribution in [0, 0.1) is 4.84 Å². The lowest BCUT2D eigenvalue weighted by Crippen LogP contribution is -1.88. The Morgan fingerprint density at radius 3 is 2.67 bits per heavy atom. The predicted molar refractivity (Wildman–Crippen MR) is 38.1 cm³/mol. The van der Waals surface area contributed by atoms with Gasteiger partial charge in [-0.05, 0) is 18.5 Å². The van der Waals surface area contributed by atoms with Crippen LogP contribution in [-0.4, -0.2) is 16.0 Å². The van der Waals surface area contributed by atoms with E-state index in [1.807, 2.05) is 6.26 Å². The summed E-state index contributed by atoms with van der Waals surface area (Å²) in [6, 6.07) is 0. The van der Waals surface area contributed by atoms with Gasteiger partial charge >= 0.3 is 0 Å². The van der Waals surface area contributed by atoms with Crippen molar-refractivity contribution in [2.45, 2.75) is 5.22 Å². The topological polar surface area (TPSA) is 31.0 Å². The molecule has 0 fully saturated rings. The fraction of sp³-hybridized carbons (Fsp3) is 0.500. The smallest absolute Gasteiger partial charge is 0.287 e. The number of aromatic nitrogens is 2. The molecule has 0 bridgehead atoms. The third kappa shape index (κ3) is 1.34. The van der Waals surface area contributed by atoms with E-state index in [4.69, 9.17) is 16.6 Å². The van der Waals surface area contributed by atoms with E-state index >= 15 is 0 Å². The summed E-state index contributed by atoms with van der Waals surface area (Å²) in [5, 5.41) is 4.55. The zero-order valence-corrected chi connectivity index (χ0v) is 6.75. The molecule has 5 heteroatoms. The Balaban J connectivity index is 3.13. The van der Waals surface area contributed by atoms with Crippen LogP contribution in [0.25, 0.3) is 0 Å². The van der Waals surface area contributed by atoms with Crippen molar-refractivity contribution in [3.05, 3.63) is 4.84 Å². The monoisotopic (exact) mass is 162 g/mol. The third-order valence-corrected chi connectivity index (χ3v) is 1.71. The summed E-state index contributed by atoms with van der Waals surface area (Å²) in [6.07, 6.45) is 1.89. The molecule has 0 saturated heterocycles. The van der Waals surface area contributed by atoms with Crippen LogP contribution < -0.4 is 0 Å². The van der Waals surface area contributed by atoms with Gasteiger partial charge in [0.2, 0.25) is 0 Å². The summed E-state index contributed by atoms with van der Waals surface area (Å²) in [6.45, 7) is 0. The fourth-order valence-electron chi connectivity index (χ4n) is 0.407. The highest BCUT2D eigenvalue weighted by Gasteiger charge is 1.97. The summed E-state index contributed by atoms with van der Waals surface area (Å²) >= 11 is 6.20. The van der Waals surface area contributed by atoms with Crippen molar-refractivity contribution in [3.8, 4) is 0 Å². The van der Waals surface area contributed by atoms with Gasteiger partial charge in [-0.3, -0.25) is 0 Å². The average molecular weight is 162 g/mol. The van der Waals surface area contributed by atoms with E-state index in [2.05, 4.69) is 5.10 Å². The van der Waals surface area contributed by atoms with E-state index in [0.717, 1.165) is 0 Å². The van der Waals surface area contributed by atoms with Crippen LogP contribution >= 0.6 is 24.0 Å². The number of nitrogens with zero attached hydrogens (tertiary/aromatic N) is 2. The maximum absolute atomic E-state index is 4.99. The molecule has 0 aliphatic heterocycles. The first-order valence-corrected chi connectivity index (χ1v) is 3.95. The zero-order valence-electron chi connectivity index (χ0n) is 5.12. The van der Waals surface area contributed by atoms with Gasteiger partial charge in [-0.2, -0.15) is 0 Å². The van der Waals surface area contributed by atoms with E-state index < -0.39 is 0 Å². The van der Waals surface area contributed by atoms with Crippen LogP contribution in [0.15, 0.2) is 9.64 Å². The van der Waals surface area contributed by atoms with Gasteiger partial charge in [0, 0.05) is 7.05 Å². The molecule has 0 saturated carbocycles. The summed E-state index contributed by atoms with van der Waals surface area (Å²) in [5.74, 6) is 0. The molecule has 3 nitrogen and oxygen atoms in total. The van der Waals surface area contributed by atoms with Crippen molar-refractivity contribution in [1.29, 1.82) is 0 Å². The average Bonchev–Trinajstić information content (AvgIpc) is 2.13. The van der Waals surface area contributed by atoms with Crippen molar-refractivity contribution in [2.75, 3.05) is 6.26 Å². The molecule has 0 unspecified atom stereocenters. The Kier molecular flexibility index (Phi) is 1.92. The van der Waals surface area contributed by atoms with E-state index in [0.29, 0.717) is 10.1 Å². The highest BCUT2D eigenvalue weighted by Crippen LogP contribution is 2.10. The molecule has 0 aliphatic rings. The highest BCUT2D eigenvalue weighted by molar-refractivity contribution is 7.98. The summed E-state index contributed by atoms with van der Waals surface area (Å²) in [4.78, 5) is 0.416. The Hall–Kier alpha value is -0.290. The van der Waals surface area contributed by atoms with Gasteiger partial charge in [0.05, 0.1) is 0 Å². The van der Waals surface area contributed by atoms with Crippen molar-refractivity contribution in [3.63, 3.8) is 0 Å². The molecule has 0 N–H and O–H groups in total. The first kappa shape index (κ1) is 6.82. The molecule has 0 amide bonds. The van der Waals surface area contributed by atoms with Gasteiger partial charge in [-0.1, -0.05) is 11.8 Å². The second-order valence-electron chi connectivity index (χ2n) is 1.46. The lowest BCUT2D eigenvalue weighted by molar-refractivity contribution is 0.439. The van der Waals surface area contributed by atoms with Crippen LogP contribution in [0.2, 0.25) is 0 Å². The van der Waals surface area contributed by atoms with Gasteiger partial charge in [0.15, 0.2) is 0 Å². The Morgan fingerprint density at radius 2 is 2.44 bits per heavy atom. The minimum absolute atomic E-state index is 0.416. The molecule has 1 aromatic heterocycles. The zero-order chi connectivity index (χ0) is 6.85. The third-order valence-electron chi connectivity index (χ3n) is 0.845. The standard InChI is InChI=1S/C4H6N2OS2/c1-6-4(8)7-3(5-6)9-2/h1-2H3. The second kappa shape index (κ2) is 2.53. The molecular formula is C4H6N2OS2. The van der Waals surface area contributed by atoms with Crippen LogP contribution in [-0.2, 0) is 7.05 Å². The first-order valence-electron chi connectivity index (χ1n) is 2.32. The Bertz CT molecular complexity index is 251. The Morgan fingerprint density at radius 1 is 1.78 bits per heavy atom. The Labute approximate surface area is 62.1 Å². The molecule has 0 radical (unpaired) electrons. The SMILES string of the molecule is CSc1nn(C)c(=S)o1. The minimum atomic E-state index is 0.416. The molecule has 0 aromatic carbocycles. The van der Waals surface area contributed by atoms with E-state index in [-0.39, 0.29) is 0 Å². The van der Waals surface area contributed by atoms with Crippen molar-refractivity contribution >= 4 is 24.0 Å². The number of thioether (sulfide) groups is 1. The van der Waals surface area contributed by atoms with Gasteiger partial charge in [-0.25, -0.2) is 4.68 Å². The maximum Gasteiger partial charge on any atom is 0.287 e. The lowest BCUT2D eigenvalue weighted by Gasteiger charge is -1.78. The number of rotatable bonds is 1. The molecule has 0 spiro atoms. The van der Waals surface area contributed by atoms with Gasteiger partial charge in [0.1, 0.15) is 0 Å². The summed E-state index contributed by atoms with van der Waals surface area (Å²) < 4.78 is 6.52. The van der Waals surface area contributed by atoms with E-state index in [1.54, 1.807) is 7.05 Å². The van der Waals surface area contributed by atoms with E-state index in [9.17, 15) is 0 Å². The molecular weight excluding hydrogens is 156 g/mol. The normalized spacial score (nSPS) is 10.0. The van der Waals surface area contributed by atoms with Crippen molar-refractivity contribution < 1.29 is 4.42 Å². The molecule has 50 valence electrons. The van der Waals surface area contributed by atoms with Crippen LogP contribution in [0.1, 0.15) is 0 Å². The summed E-state index contributed by atoms with van der Waals surface area (Å²) in [5.41, 5.74) is 0. The first-order chi connectivity index (χ1) is 4.24. The van der Waals surface area contributed by atoms with Crippen LogP contribution in [0.5, 0.6) is 0 Å². The van der Waals surface area contributed by atoms with Gasteiger partial charge in [-0.15, -0.1) is 5.10 Å². The van der Waals surface area contributed by atoms with Crippen LogP contribution in [0.3, 0.4) is 0 Å². The molecule has 1 heterocycles. The highest BCUT2D eigenvalue weighted by atomic mass is 32.2. The van der Waals surface area contributed by atoms with Gasteiger partial charge in [0.25, 0.3) is 10.1 Å².